The molecule has 0 aliphatic rings. The van der Waals surface area contributed by atoms with Crippen LogP contribution < -0.4 is 27.0 Å². The molecule has 0 saturated carbocycles. The number of nitrogens with one attached hydrogen (secondary N) is 4. The van der Waals surface area contributed by atoms with E-state index in [1.54, 1.807) is 6.92 Å². The van der Waals surface area contributed by atoms with Gasteiger partial charge in [0.05, 0.1) is 26.4 Å². The van der Waals surface area contributed by atoms with Gasteiger partial charge in [0, 0.05) is 38.3 Å². The van der Waals surface area contributed by atoms with Crippen molar-refractivity contribution < 1.29 is 14.6 Å². The maximum absolute atomic E-state index is 10.8. The first-order valence-corrected chi connectivity index (χ1v) is 14.4. The number of aliphatic hydroxyl groups is 1. The van der Waals surface area contributed by atoms with Crippen molar-refractivity contribution in [3.05, 3.63) is 65.7 Å². The molecule has 0 amide bonds. The summed E-state index contributed by atoms with van der Waals surface area (Å²) in [5, 5.41) is 23.8. The van der Waals surface area contributed by atoms with Crippen molar-refractivity contribution in [3.8, 4) is 0 Å². The third-order valence-electron chi connectivity index (χ3n) is 6.13. The molecule has 3 aromatic rings. The number of anilines is 4. The van der Waals surface area contributed by atoms with Gasteiger partial charge in [-0.05, 0) is 43.0 Å². The zero-order valence-electron chi connectivity index (χ0n) is 24.4. The fourth-order valence-electron chi connectivity index (χ4n) is 4.02. The van der Waals surface area contributed by atoms with Crippen LogP contribution in [0.5, 0.6) is 0 Å². The molecule has 2 aromatic carbocycles. The van der Waals surface area contributed by atoms with Gasteiger partial charge in [-0.2, -0.15) is 15.0 Å². The average molecular weight is 567 g/mol. The van der Waals surface area contributed by atoms with Gasteiger partial charge in [0.15, 0.2) is 0 Å². The lowest BCUT2D eigenvalue weighted by atomic mass is 10.0. The van der Waals surface area contributed by atoms with Crippen LogP contribution in [0.15, 0.2) is 54.6 Å². The van der Waals surface area contributed by atoms with E-state index in [4.69, 9.17) is 15.2 Å². The zero-order valence-corrected chi connectivity index (χ0v) is 24.4. The summed E-state index contributed by atoms with van der Waals surface area (Å²) in [4.78, 5) is 13.7. The molecular weight excluding hydrogens is 520 g/mol. The van der Waals surface area contributed by atoms with Gasteiger partial charge in [-0.15, -0.1) is 0 Å². The standard InChI is InChI=1S/C30H46N8O3/c1-3-4-16-32-27-36-28(33-17-14-24-8-6-5-7-9-24)38-29(37-27)35-26-12-10-25(11-13-26)23-30(2,39)34-18-20-41-22-21-40-19-15-31/h5-13,34,39H,3-4,14-23,31H2,1-2H3,(H3,32,33,35,36,37,38)/t30-/m0/s1. The highest BCUT2D eigenvalue weighted by Gasteiger charge is 2.19. The summed E-state index contributed by atoms with van der Waals surface area (Å²) in [5.41, 5.74) is 7.40. The van der Waals surface area contributed by atoms with Crippen LogP contribution in [0.25, 0.3) is 0 Å². The lowest BCUT2D eigenvalue weighted by Crippen LogP contribution is -2.45. The Labute approximate surface area is 243 Å². The van der Waals surface area contributed by atoms with Gasteiger partial charge in [-0.1, -0.05) is 55.8 Å². The minimum atomic E-state index is -1.07. The van der Waals surface area contributed by atoms with Crippen LogP contribution >= 0.6 is 0 Å². The molecule has 7 N–H and O–H groups in total. The summed E-state index contributed by atoms with van der Waals surface area (Å²) >= 11 is 0. The minimum Gasteiger partial charge on any atom is -0.378 e. The van der Waals surface area contributed by atoms with E-state index in [-0.39, 0.29) is 0 Å². The smallest absolute Gasteiger partial charge is 0.233 e. The van der Waals surface area contributed by atoms with Crippen LogP contribution in [-0.4, -0.2) is 78.4 Å². The SMILES string of the molecule is CCCCNc1nc(NCCc2ccccc2)nc(Nc2ccc(C[C@](C)(O)NCCOCCOCCN)cc2)n1. The van der Waals surface area contributed by atoms with Crippen LogP contribution in [0.1, 0.15) is 37.8 Å². The van der Waals surface area contributed by atoms with E-state index in [1.807, 2.05) is 42.5 Å². The third-order valence-corrected chi connectivity index (χ3v) is 6.13. The van der Waals surface area contributed by atoms with E-state index in [2.05, 4.69) is 55.3 Å². The van der Waals surface area contributed by atoms with Crippen LogP contribution in [-0.2, 0) is 22.3 Å². The number of benzene rings is 2. The van der Waals surface area contributed by atoms with Crippen LogP contribution in [0.3, 0.4) is 0 Å². The molecule has 3 rings (SSSR count). The van der Waals surface area contributed by atoms with Gasteiger partial charge in [0.25, 0.3) is 0 Å². The topological polar surface area (TPSA) is 152 Å². The van der Waals surface area contributed by atoms with Crippen molar-refractivity contribution in [2.45, 2.75) is 45.3 Å². The first-order chi connectivity index (χ1) is 20.0. The van der Waals surface area contributed by atoms with Crippen molar-refractivity contribution in [2.24, 2.45) is 5.73 Å². The molecule has 11 nitrogen and oxygen atoms in total. The van der Waals surface area contributed by atoms with Crippen molar-refractivity contribution in [1.29, 1.82) is 0 Å². The second-order valence-electron chi connectivity index (χ2n) is 9.96. The van der Waals surface area contributed by atoms with Crippen LogP contribution in [0.2, 0.25) is 0 Å². The summed E-state index contributed by atoms with van der Waals surface area (Å²) in [6.45, 7) is 8.47. The first kappa shape index (κ1) is 32.2. The highest BCUT2D eigenvalue weighted by Crippen LogP contribution is 2.19. The Morgan fingerprint density at radius 1 is 0.780 bits per heavy atom. The Balaban J connectivity index is 1.52. The quantitative estimate of drug-likeness (QED) is 0.0832. The molecule has 0 fully saturated rings. The molecule has 0 unspecified atom stereocenters. The Hall–Kier alpha value is -3.35. The summed E-state index contributed by atoms with van der Waals surface area (Å²) in [6.07, 6.45) is 3.42. The van der Waals surface area contributed by atoms with Gasteiger partial charge >= 0.3 is 0 Å². The van der Waals surface area contributed by atoms with E-state index in [9.17, 15) is 5.11 Å². The predicted octanol–water partition coefficient (Wildman–Crippen LogP) is 3.31. The van der Waals surface area contributed by atoms with E-state index >= 15 is 0 Å². The van der Waals surface area contributed by atoms with Crippen molar-refractivity contribution in [1.82, 2.24) is 20.3 Å². The minimum absolute atomic E-state index is 0.444. The summed E-state index contributed by atoms with van der Waals surface area (Å²) < 4.78 is 10.8. The number of hydrogen-bond donors (Lipinski definition) is 6. The Kier molecular flexibility index (Phi) is 14.2. The number of ether oxygens (including phenoxy) is 2. The highest BCUT2D eigenvalue weighted by atomic mass is 16.5. The summed E-state index contributed by atoms with van der Waals surface area (Å²) in [5.74, 6) is 1.50. The van der Waals surface area contributed by atoms with E-state index in [1.165, 1.54) is 5.56 Å². The van der Waals surface area contributed by atoms with E-state index < -0.39 is 5.72 Å². The fourth-order valence-corrected chi connectivity index (χ4v) is 4.02. The van der Waals surface area contributed by atoms with Gasteiger partial charge in [-0.3, -0.25) is 5.32 Å². The maximum Gasteiger partial charge on any atom is 0.233 e. The number of nitrogens with zero attached hydrogens (tertiary/aromatic N) is 3. The van der Waals surface area contributed by atoms with Crippen molar-refractivity contribution >= 4 is 23.5 Å². The summed E-state index contributed by atoms with van der Waals surface area (Å²) in [6, 6.07) is 18.2. The Bertz CT molecular complexity index is 1120. The van der Waals surface area contributed by atoms with Gasteiger partial charge in [0.2, 0.25) is 17.8 Å². The molecule has 0 aliphatic carbocycles. The second-order valence-corrected chi connectivity index (χ2v) is 9.96. The number of aromatic nitrogens is 3. The zero-order chi connectivity index (χ0) is 29.2. The molecule has 0 bridgehead atoms. The number of rotatable bonds is 21. The number of hydrogen-bond acceptors (Lipinski definition) is 11. The molecule has 1 atom stereocenters. The normalized spacial score (nSPS) is 12.6. The van der Waals surface area contributed by atoms with Crippen molar-refractivity contribution in [2.75, 3.05) is 68.6 Å². The van der Waals surface area contributed by atoms with Crippen LogP contribution in [0, 0.1) is 0 Å². The molecule has 0 radical (unpaired) electrons. The number of nitrogens with two attached hydrogens (primary N) is 1. The van der Waals surface area contributed by atoms with E-state index in [0.29, 0.717) is 70.3 Å². The lowest BCUT2D eigenvalue weighted by molar-refractivity contribution is 0.00801. The molecule has 0 saturated heterocycles. The molecule has 0 spiro atoms. The molecule has 1 aromatic heterocycles. The highest BCUT2D eigenvalue weighted by molar-refractivity contribution is 5.56. The molecule has 0 aliphatic heterocycles. The Morgan fingerprint density at radius 2 is 1.44 bits per heavy atom. The fraction of sp³-hybridized carbons (Fsp3) is 0.500. The maximum atomic E-state index is 10.8. The molecule has 1 heterocycles. The van der Waals surface area contributed by atoms with Gasteiger partial charge in [-0.25, -0.2) is 0 Å². The van der Waals surface area contributed by atoms with Gasteiger partial charge in [0.1, 0.15) is 5.72 Å². The molecule has 41 heavy (non-hydrogen) atoms. The molecule has 11 heteroatoms. The third kappa shape index (κ3) is 13.2. The monoisotopic (exact) mass is 566 g/mol. The van der Waals surface area contributed by atoms with Gasteiger partial charge < -0.3 is 36.3 Å². The summed E-state index contributed by atoms with van der Waals surface area (Å²) in [7, 11) is 0. The lowest BCUT2D eigenvalue weighted by Gasteiger charge is -2.25. The molecule has 224 valence electrons. The number of unbranched alkanes of at least 4 members (excludes halogenated alkanes) is 1. The average Bonchev–Trinajstić information content (AvgIpc) is 2.96. The second kappa shape index (κ2) is 18.2. The Morgan fingerprint density at radius 3 is 2.12 bits per heavy atom. The van der Waals surface area contributed by atoms with E-state index in [0.717, 1.165) is 37.1 Å². The predicted molar refractivity (Wildman–Crippen MR) is 165 cm³/mol. The van der Waals surface area contributed by atoms with Crippen molar-refractivity contribution in [3.63, 3.8) is 0 Å². The first-order valence-electron chi connectivity index (χ1n) is 14.4. The molecular formula is C30H46N8O3. The van der Waals surface area contributed by atoms with Crippen LogP contribution in [0.4, 0.5) is 23.5 Å². The largest absolute Gasteiger partial charge is 0.378 e.